The van der Waals surface area contributed by atoms with Crippen molar-refractivity contribution in [2.75, 3.05) is 6.61 Å². The van der Waals surface area contributed by atoms with E-state index in [4.69, 9.17) is 9.47 Å². The number of hydrogen-bond donors (Lipinski definition) is 0. The molecule has 30 heavy (non-hydrogen) atoms. The van der Waals surface area contributed by atoms with Gasteiger partial charge >= 0.3 is 5.97 Å². The van der Waals surface area contributed by atoms with Crippen LogP contribution in [0.2, 0.25) is 0 Å². The number of carbonyl (C=O) groups excluding carboxylic acids is 1. The van der Waals surface area contributed by atoms with Gasteiger partial charge in [-0.1, -0.05) is 24.3 Å². The Morgan fingerprint density at radius 3 is 2.47 bits per heavy atom. The summed E-state index contributed by atoms with van der Waals surface area (Å²) in [7, 11) is 0. The van der Waals surface area contributed by atoms with Crippen LogP contribution in [0.4, 0.5) is 13.2 Å². The summed E-state index contributed by atoms with van der Waals surface area (Å²) in [5.74, 6) is -6.57. The normalized spacial score (nSPS) is 12.0. The standard InChI is InChI=1S/C22H12F3NO4/c1-2-29-22(28)12-9-26-13-7-10-5-3-4-6-11(10)8-14(13)30-21-18(25)17(24)16(23)15(19(21)26)20(12)27/h3-9H,2H2,1H3. The molecule has 0 amide bonds. The van der Waals surface area contributed by atoms with Crippen LogP contribution in [0.5, 0.6) is 11.5 Å². The third-order valence-corrected chi connectivity index (χ3v) is 5.02. The van der Waals surface area contributed by atoms with Crippen LogP contribution in [0.15, 0.2) is 47.4 Å². The highest BCUT2D eigenvalue weighted by molar-refractivity contribution is 5.98. The molecule has 0 radical (unpaired) electrons. The number of fused-ring (bicyclic) bond motifs is 3. The van der Waals surface area contributed by atoms with E-state index in [2.05, 4.69) is 0 Å². The highest BCUT2D eigenvalue weighted by Crippen LogP contribution is 2.44. The summed E-state index contributed by atoms with van der Waals surface area (Å²) in [4.78, 5) is 25.1. The Kier molecular flexibility index (Phi) is 3.86. The van der Waals surface area contributed by atoms with Crippen molar-refractivity contribution < 1.29 is 27.4 Å². The molecule has 5 nitrogen and oxygen atoms in total. The summed E-state index contributed by atoms with van der Waals surface area (Å²) in [5.41, 5.74) is -1.57. The highest BCUT2D eigenvalue weighted by atomic mass is 19.2. The molecule has 0 fully saturated rings. The molecule has 0 N–H and O–H groups in total. The number of benzene rings is 3. The average molecular weight is 411 g/mol. The van der Waals surface area contributed by atoms with E-state index in [1.807, 2.05) is 12.1 Å². The maximum Gasteiger partial charge on any atom is 0.343 e. The monoisotopic (exact) mass is 411 g/mol. The van der Waals surface area contributed by atoms with E-state index in [1.165, 1.54) is 4.57 Å². The first-order valence-corrected chi connectivity index (χ1v) is 9.06. The Bertz CT molecular complexity index is 1460. The molecule has 1 aliphatic rings. The first-order chi connectivity index (χ1) is 14.4. The minimum atomic E-state index is -1.86. The Balaban J connectivity index is 1.97. The Hall–Kier alpha value is -3.81. The van der Waals surface area contributed by atoms with E-state index in [0.29, 0.717) is 5.69 Å². The van der Waals surface area contributed by atoms with Crippen molar-refractivity contribution in [1.82, 2.24) is 4.57 Å². The number of pyridine rings is 1. The van der Waals surface area contributed by atoms with Crippen molar-refractivity contribution in [2.45, 2.75) is 6.92 Å². The van der Waals surface area contributed by atoms with Crippen molar-refractivity contribution >= 4 is 27.6 Å². The van der Waals surface area contributed by atoms with Crippen LogP contribution in [0.25, 0.3) is 27.4 Å². The predicted octanol–water partition coefficient (Wildman–Crippen LogP) is 4.84. The summed E-state index contributed by atoms with van der Waals surface area (Å²) >= 11 is 0. The van der Waals surface area contributed by atoms with E-state index < -0.39 is 45.5 Å². The second-order valence-corrected chi connectivity index (χ2v) is 6.73. The van der Waals surface area contributed by atoms with Gasteiger partial charge in [0.25, 0.3) is 0 Å². The first kappa shape index (κ1) is 18.2. The van der Waals surface area contributed by atoms with Crippen LogP contribution in [0, 0.1) is 17.5 Å². The molecule has 0 spiro atoms. The lowest BCUT2D eigenvalue weighted by atomic mass is 10.0. The fraction of sp³-hybridized carbons (Fsp3) is 0.0909. The SMILES string of the molecule is CCOC(=O)c1cn2c3c(c(F)c(F)c(F)c3c1=O)Oc1cc3ccccc3cc1-2. The van der Waals surface area contributed by atoms with Gasteiger partial charge in [-0.15, -0.1) is 0 Å². The van der Waals surface area contributed by atoms with Crippen molar-refractivity contribution in [1.29, 1.82) is 0 Å². The molecule has 0 saturated carbocycles. The van der Waals surface area contributed by atoms with Crippen molar-refractivity contribution in [3.05, 3.63) is 75.8 Å². The second kappa shape index (κ2) is 6.35. The maximum atomic E-state index is 14.7. The van der Waals surface area contributed by atoms with E-state index in [-0.39, 0.29) is 17.9 Å². The summed E-state index contributed by atoms with van der Waals surface area (Å²) in [5, 5.41) is 0.773. The molecule has 3 aromatic carbocycles. The zero-order valence-corrected chi connectivity index (χ0v) is 15.5. The largest absolute Gasteiger partial charge is 0.462 e. The molecule has 0 bridgehead atoms. The quantitative estimate of drug-likeness (QED) is 0.308. The fourth-order valence-electron chi connectivity index (χ4n) is 3.68. The molecule has 0 aliphatic carbocycles. The maximum absolute atomic E-state index is 14.7. The number of esters is 1. The Morgan fingerprint density at radius 1 is 1.07 bits per heavy atom. The predicted molar refractivity (Wildman–Crippen MR) is 103 cm³/mol. The van der Waals surface area contributed by atoms with E-state index >= 15 is 0 Å². The zero-order valence-electron chi connectivity index (χ0n) is 15.5. The fourth-order valence-corrected chi connectivity index (χ4v) is 3.68. The molecule has 0 atom stereocenters. The van der Waals surface area contributed by atoms with Gasteiger partial charge in [0.05, 0.1) is 17.7 Å². The molecule has 150 valence electrons. The molecule has 0 unspecified atom stereocenters. The molecular weight excluding hydrogens is 399 g/mol. The lowest BCUT2D eigenvalue weighted by Crippen LogP contribution is -2.24. The summed E-state index contributed by atoms with van der Waals surface area (Å²) in [6.45, 7) is 1.52. The molecule has 0 saturated heterocycles. The van der Waals surface area contributed by atoms with Crippen LogP contribution in [0.1, 0.15) is 17.3 Å². The van der Waals surface area contributed by atoms with Crippen molar-refractivity contribution in [3.63, 3.8) is 0 Å². The van der Waals surface area contributed by atoms with Crippen LogP contribution < -0.4 is 10.2 Å². The van der Waals surface area contributed by atoms with Crippen LogP contribution in [0.3, 0.4) is 0 Å². The van der Waals surface area contributed by atoms with Crippen molar-refractivity contribution in [3.8, 4) is 17.2 Å². The topological polar surface area (TPSA) is 57.5 Å². The van der Waals surface area contributed by atoms with Gasteiger partial charge in [0.1, 0.15) is 11.1 Å². The van der Waals surface area contributed by atoms with Gasteiger partial charge in [-0.25, -0.2) is 13.6 Å². The smallest absolute Gasteiger partial charge is 0.343 e. The number of aromatic nitrogens is 1. The van der Waals surface area contributed by atoms with Gasteiger partial charge < -0.3 is 14.0 Å². The molecule has 5 rings (SSSR count). The van der Waals surface area contributed by atoms with E-state index in [1.54, 1.807) is 31.2 Å². The van der Waals surface area contributed by atoms with E-state index in [9.17, 15) is 22.8 Å². The summed E-state index contributed by atoms with van der Waals surface area (Å²) < 4.78 is 55.2. The lowest BCUT2D eigenvalue weighted by Gasteiger charge is -2.25. The molecule has 1 aromatic heterocycles. The van der Waals surface area contributed by atoms with Crippen LogP contribution in [-0.4, -0.2) is 17.1 Å². The summed E-state index contributed by atoms with van der Waals surface area (Å²) in [6.07, 6.45) is 1.14. The molecule has 4 aromatic rings. The van der Waals surface area contributed by atoms with Crippen LogP contribution in [-0.2, 0) is 4.74 Å². The molecule has 1 aliphatic heterocycles. The average Bonchev–Trinajstić information content (AvgIpc) is 2.74. The Morgan fingerprint density at radius 2 is 1.77 bits per heavy atom. The number of carbonyl (C=O) groups is 1. The van der Waals surface area contributed by atoms with Gasteiger partial charge in [0, 0.05) is 6.20 Å². The number of ether oxygens (including phenoxy) is 2. The number of rotatable bonds is 2. The molecule has 8 heteroatoms. The number of hydrogen-bond acceptors (Lipinski definition) is 4. The summed E-state index contributed by atoms with van der Waals surface area (Å²) in [6, 6.07) is 10.5. The minimum Gasteiger partial charge on any atom is -0.462 e. The zero-order chi connectivity index (χ0) is 21.2. The van der Waals surface area contributed by atoms with E-state index in [0.717, 1.165) is 17.0 Å². The van der Waals surface area contributed by atoms with Crippen LogP contribution >= 0.6 is 0 Å². The number of halogens is 3. The third kappa shape index (κ3) is 2.36. The van der Waals surface area contributed by atoms with Gasteiger partial charge in [-0.05, 0) is 29.8 Å². The molecule has 2 heterocycles. The van der Waals surface area contributed by atoms with Gasteiger partial charge in [0.2, 0.25) is 11.2 Å². The highest BCUT2D eigenvalue weighted by Gasteiger charge is 2.32. The van der Waals surface area contributed by atoms with Gasteiger partial charge in [0.15, 0.2) is 23.1 Å². The second-order valence-electron chi connectivity index (χ2n) is 6.73. The molecular formula is C22H12F3NO4. The lowest BCUT2D eigenvalue weighted by molar-refractivity contribution is 0.0524. The first-order valence-electron chi connectivity index (χ1n) is 9.06. The minimum absolute atomic E-state index is 0.0217. The number of nitrogens with zero attached hydrogens (tertiary/aromatic N) is 1. The van der Waals surface area contributed by atoms with Crippen molar-refractivity contribution in [2.24, 2.45) is 0 Å². The third-order valence-electron chi connectivity index (χ3n) is 5.02. The Labute approximate surface area is 166 Å². The van der Waals surface area contributed by atoms with Gasteiger partial charge in [-0.2, -0.15) is 4.39 Å². The van der Waals surface area contributed by atoms with Gasteiger partial charge in [-0.3, -0.25) is 4.79 Å².